The number of halogens is 1. The predicted molar refractivity (Wildman–Crippen MR) is 122 cm³/mol. The number of hydrogen-bond acceptors (Lipinski definition) is 4. The van der Waals surface area contributed by atoms with Gasteiger partial charge < -0.3 is 5.32 Å². The normalized spacial score (nSPS) is 10.9. The zero-order valence-corrected chi connectivity index (χ0v) is 18.9. The van der Waals surface area contributed by atoms with Crippen molar-refractivity contribution in [2.24, 2.45) is 0 Å². The number of nitrogens with zero attached hydrogens (tertiary/aromatic N) is 4. The van der Waals surface area contributed by atoms with Crippen molar-refractivity contribution >= 4 is 39.3 Å². The molecule has 0 aliphatic rings. The van der Waals surface area contributed by atoms with E-state index in [2.05, 4.69) is 31.4 Å². The van der Waals surface area contributed by atoms with E-state index in [4.69, 9.17) is 0 Å². The Morgan fingerprint density at radius 3 is 2.50 bits per heavy atom. The average Bonchev–Trinajstić information content (AvgIpc) is 3.31. The van der Waals surface area contributed by atoms with Crippen LogP contribution in [0.2, 0.25) is 0 Å². The van der Waals surface area contributed by atoms with Crippen LogP contribution in [-0.4, -0.2) is 25.5 Å². The van der Waals surface area contributed by atoms with E-state index in [0.29, 0.717) is 12.4 Å². The molecule has 1 N–H and O–H groups in total. The standard InChI is InChI=1S/C22H20BrN5OS/c1-15-21(23)16(2)28(25-15)14-27-13-12-19(26-27)22(29)24-18-10-6-7-11-20(18)30-17-8-4-3-5-9-17/h3-13H,14H2,1-2H3,(H,24,29). The van der Waals surface area contributed by atoms with Crippen molar-refractivity contribution < 1.29 is 4.79 Å². The molecule has 30 heavy (non-hydrogen) atoms. The van der Waals surface area contributed by atoms with Gasteiger partial charge in [-0.15, -0.1) is 0 Å². The van der Waals surface area contributed by atoms with Crippen LogP contribution in [0.5, 0.6) is 0 Å². The number of hydrogen-bond donors (Lipinski definition) is 1. The molecule has 0 saturated carbocycles. The Labute approximate surface area is 187 Å². The van der Waals surface area contributed by atoms with Crippen LogP contribution in [-0.2, 0) is 6.67 Å². The SMILES string of the molecule is Cc1nn(Cn2ccc(C(=O)Nc3ccccc3Sc3ccccc3)n2)c(C)c1Br. The van der Waals surface area contributed by atoms with E-state index in [1.807, 2.05) is 73.1 Å². The Balaban J connectivity index is 1.48. The van der Waals surface area contributed by atoms with Gasteiger partial charge in [-0.05, 0) is 60.1 Å². The van der Waals surface area contributed by atoms with E-state index < -0.39 is 0 Å². The van der Waals surface area contributed by atoms with E-state index in [-0.39, 0.29) is 5.91 Å². The van der Waals surface area contributed by atoms with Gasteiger partial charge in [0.2, 0.25) is 0 Å². The summed E-state index contributed by atoms with van der Waals surface area (Å²) < 4.78 is 4.53. The van der Waals surface area contributed by atoms with Gasteiger partial charge in [0.05, 0.1) is 21.5 Å². The van der Waals surface area contributed by atoms with Crippen molar-refractivity contribution in [2.75, 3.05) is 5.32 Å². The molecule has 2 aromatic heterocycles. The Morgan fingerprint density at radius 1 is 1.03 bits per heavy atom. The summed E-state index contributed by atoms with van der Waals surface area (Å²) in [5, 5.41) is 11.9. The number of aromatic nitrogens is 4. The van der Waals surface area contributed by atoms with Gasteiger partial charge in [-0.3, -0.25) is 9.48 Å². The summed E-state index contributed by atoms with van der Waals surface area (Å²) in [7, 11) is 0. The third-order valence-corrected chi connectivity index (χ3v) is 6.78. The van der Waals surface area contributed by atoms with Crippen LogP contribution in [0.15, 0.2) is 81.1 Å². The Morgan fingerprint density at radius 2 is 1.77 bits per heavy atom. The number of rotatable bonds is 6. The Hall–Kier alpha value is -2.84. The second-order valence-electron chi connectivity index (χ2n) is 6.73. The van der Waals surface area contributed by atoms with Gasteiger partial charge in [0, 0.05) is 16.0 Å². The minimum atomic E-state index is -0.246. The zero-order valence-electron chi connectivity index (χ0n) is 16.5. The number of aryl methyl sites for hydroxylation is 1. The van der Waals surface area contributed by atoms with Gasteiger partial charge in [-0.2, -0.15) is 10.2 Å². The van der Waals surface area contributed by atoms with Crippen molar-refractivity contribution in [3.63, 3.8) is 0 Å². The second-order valence-corrected chi connectivity index (χ2v) is 8.64. The van der Waals surface area contributed by atoms with Gasteiger partial charge >= 0.3 is 0 Å². The van der Waals surface area contributed by atoms with Crippen molar-refractivity contribution in [2.45, 2.75) is 30.3 Å². The van der Waals surface area contributed by atoms with Crippen molar-refractivity contribution in [3.05, 3.63) is 88.4 Å². The highest BCUT2D eigenvalue weighted by molar-refractivity contribution is 9.10. The molecule has 0 aliphatic carbocycles. The smallest absolute Gasteiger partial charge is 0.276 e. The highest BCUT2D eigenvalue weighted by atomic mass is 79.9. The van der Waals surface area contributed by atoms with E-state index in [1.165, 1.54) is 0 Å². The molecule has 0 aliphatic heterocycles. The summed E-state index contributed by atoms with van der Waals surface area (Å²) in [5.74, 6) is -0.246. The van der Waals surface area contributed by atoms with Crippen LogP contribution >= 0.6 is 27.7 Å². The van der Waals surface area contributed by atoms with E-state index in [9.17, 15) is 4.79 Å². The first kappa shape index (κ1) is 20.4. The van der Waals surface area contributed by atoms with Crippen molar-refractivity contribution in [1.82, 2.24) is 19.6 Å². The van der Waals surface area contributed by atoms with Crippen LogP contribution in [0.4, 0.5) is 5.69 Å². The van der Waals surface area contributed by atoms with Crippen molar-refractivity contribution in [1.29, 1.82) is 0 Å². The zero-order chi connectivity index (χ0) is 21.1. The number of nitrogens with one attached hydrogen (secondary N) is 1. The van der Waals surface area contributed by atoms with Crippen LogP contribution < -0.4 is 5.32 Å². The van der Waals surface area contributed by atoms with Gasteiger partial charge in [0.25, 0.3) is 5.91 Å². The third kappa shape index (κ3) is 4.49. The quantitative estimate of drug-likeness (QED) is 0.402. The highest BCUT2D eigenvalue weighted by Crippen LogP contribution is 2.33. The van der Waals surface area contributed by atoms with E-state index in [1.54, 1.807) is 28.7 Å². The molecule has 1 amide bonds. The predicted octanol–water partition coefficient (Wildman–Crippen LogP) is 5.37. The second kappa shape index (κ2) is 8.89. The topological polar surface area (TPSA) is 64.7 Å². The van der Waals surface area contributed by atoms with Gasteiger partial charge in [-0.25, -0.2) is 4.68 Å². The van der Waals surface area contributed by atoms with Gasteiger partial charge in [0.15, 0.2) is 5.69 Å². The fraction of sp³-hybridized carbons (Fsp3) is 0.136. The van der Waals surface area contributed by atoms with E-state index in [0.717, 1.165) is 31.3 Å². The monoisotopic (exact) mass is 481 g/mol. The Kier molecular flexibility index (Phi) is 6.06. The fourth-order valence-electron chi connectivity index (χ4n) is 2.97. The molecule has 8 heteroatoms. The minimum absolute atomic E-state index is 0.246. The molecule has 0 saturated heterocycles. The number of benzene rings is 2. The fourth-order valence-corrected chi connectivity index (χ4v) is 4.18. The lowest BCUT2D eigenvalue weighted by atomic mass is 10.3. The summed E-state index contributed by atoms with van der Waals surface area (Å²) in [5.41, 5.74) is 3.05. The summed E-state index contributed by atoms with van der Waals surface area (Å²) in [6.07, 6.45) is 1.78. The molecule has 0 bridgehead atoms. The lowest BCUT2D eigenvalue weighted by Crippen LogP contribution is -2.16. The summed E-state index contributed by atoms with van der Waals surface area (Å²) in [4.78, 5) is 14.9. The molecule has 2 heterocycles. The van der Waals surface area contributed by atoms with E-state index >= 15 is 0 Å². The number of carbonyl (C=O) groups is 1. The molecule has 2 aromatic carbocycles. The molecule has 4 aromatic rings. The number of anilines is 1. The summed E-state index contributed by atoms with van der Waals surface area (Å²) in [6, 6.07) is 19.5. The number of para-hydroxylation sites is 1. The first-order valence-corrected chi connectivity index (χ1v) is 11.0. The maximum absolute atomic E-state index is 12.8. The van der Waals surface area contributed by atoms with Crippen LogP contribution in [0.1, 0.15) is 21.9 Å². The summed E-state index contributed by atoms with van der Waals surface area (Å²) >= 11 is 5.14. The Bertz CT molecular complexity index is 1190. The molecule has 6 nitrogen and oxygen atoms in total. The summed E-state index contributed by atoms with van der Waals surface area (Å²) in [6.45, 7) is 4.37. The number of amides is 1. The van der Waals surface area contributed by atoms with Gasteiger partial charge in [-0.1, -0.05) is 42.1 Å². The number of carbonyl (C=O) groups excluding carboxylic acids is 1. The molecule has 0 radical (unpaired) electrons. The van der Waals surface area contributed by atoms with Crippen LogP contribution in [0, 0.1) is 13.8 Å². The van der Waals surface area contributed by atoms with Crippen LogP contribution in [0.3, 0.4) is 0 Å². The third-order valence-electron chi connectivity index (χ3n) is 4.55. The molecule has 0 atom stereocenters. The molecule has 0 spiro atoms. The molecular formula is C22H20BrN5OS. The molecule has 4 rings (SSSR count). The maximum Gasteiger partial charge on any atom is 0.276 e. The highest BCUT2D eigenvalue weighted by Gasteiger charge is 2.14. The molecule has 0 fully saturated rings. The molecular weight excluding hydrogens is 462 g/mol. The lowest BCUT2D eigenvalue weighted by Gasteiger charge is -2.10. The van der Waals surface area contributed by atoms with Crippen molar-refractivity contribution in [3.8, 4) is 0 Å². The molecule has 0 unspecified atom stereocenters. The first-order chi connectivity index (χ1) is 14.5. The minimum Gasteiger partial charge on any atom is -0.320 e. The maximum atomic E-state index is 12.8. The lowest BCUT2D eigenvalue weighted by molar-refractivity contribution is 0.102. The first-order valence-electron chi connectivity index (χ1n) is 9.37. The largest absolute Gasteiger partial charge is 0.320 e. The van der Waals surface area contributed by atoms with Gasteiger partial charge in [0.1, 0.15) is 6.67 Å². The average molecular weight is 482 g/mol. The molecule has 152 valence electrons. The van der Waals surface area contributed by atoms with Crippen LogP contribution in [0.25, 0.3) is 0 Å².